The molecule has 0 fully saturated rings. The molecule has 0 atom stereocenters. The van der Waals surface area contributed by atoms with Crippen LogP contribution >= 0.6 is 15.9 Å². The summed E-state index contributed by atoms with van der Waals surface area (Å²) in [5, 5.41) is 3.41. The van der Waals surface area contributed by atoms with Crippen LogP contribution in [0, 0.1) is 5.82 Å². The maximum Gasteiger partial charge on any atom is 0.146 e. The monoisotopic (exact) mass is 350 g/mol. The average Bonchev–Trinajstić information content (AvgIpc) is 2.45. The molecule has 0 amide bonds. The van der Waals surface area contributed by atoms with E-state index in [-0.39, 0.29) is 5.82 Å². The molecule has 21 heavy (non-hydrogen) atoms. The molecule has 0 saturated carbocycles. The largest absolute Gasteiger partial charge is 0.342 e. The van der Waals surface area contributed by atoms with Gasteiger partial charge in [-0.05, 0) is 29.8 Å². The van der Waals surface area contributed by atoms with Crippen LogP contribution in [0.15, 0.2) is 46.9 Å². The zero-order valence-corrected chi connectivity index (χ0v) is 14.1. The van der Waals surface area contributed by atoms with Crippen LogP contribution in [0.1, 0.15) is 19.4 Å². The Balaban J connectivity index is 2.37. The van der Waals surface area contributed by atoms with E-state index < -0.39 is 0 Å². The van der Waals surface area contributed by atoms with Crippen LogP contribution in [-0.4, -0.2) is 13.1 Å². The van der Waals surface area contributed by atoms with Crippen molar-refractivity contribution in [1.29, 1.82) is 0 Å². The maximum atomic E-state index is 14.0. The smallest absolute Gasteiger partial charge is 0.146 e. The van der Waals surface area contributed by atoms with E-state index in [0.29, 0.717) is 11.7 Å². The van der Waals surface area contributed by atoms with Gasteiger partial charge in [0.1, 0.15) is 5.82 Å². The Labute approximate surface area is 134 Å². The highest BCUT2D eigenvalue weighted by Gasteiger charge is 2.13. The summed E-state index contributed by atoms with van der Waals surface area (Å²) in [6, 6.07) is 13.3. The highest BCUT2D eigenvalue weighted by Crippen LogP contribution is 2.31. The first-order valence-corrected chi connectivity index (χ1v) is 7.78. The van der Waals surface area contributed by atoms with Gasteiger partial charge in [-0.1, -0.05) is 48.0 Å². The average molecular weight is 351 g/mol. The van der Waals surface area contributed by atoms with E-state index in [1.54, 1.807) is 12.1 Å². The second-order valence-electron chi connectivity index (χ2n) is 5.32. The Morgan fingerprint density at radius 1 is 1.14 bits per heavy atom. The van der Waals surface area contributed by atoms with Gasteiger partial charge in [-0.25, -0.2) is 4.39 Å². The number of rotatable bonds is 5. The fourth-order valence-corrected chi connectivity index (χ4v) is 2.52. The number of nitrogens with zero attached hydrogens (tertiary/aromatic N) is 1. The summed E-state index contributed by atoms with van der Waals surface area (Å²) in [4.78, 5) is 1.89. The third-order valence-corrected chi connectivity index (χ3v) is 3.82. The highest BCUT2D eigenvalue weighted by atomic mass is 79.9. The Kier molecular flexibility index (Phi) is 5.37. The predicted molar refractivity (Wildman–Crippen MR) is 90.6 cm³/mol. The number of para-hydroxylation sites is 1. The van der Waals surface area contributed by atoms with Crippen LogP contribution in [0.2, 0.25) is 0 Å². The summed E-state index contributed by atoms with van der Waals surface area (Å²) in [6.07, 6.45) is 0. The molecule has 2 aromatic rings. The second-order valence-corrected chi connectivity index (χ2v) is 6.23. The molecule has 0 saturated heterocycles. The number of halogens is 2. The van der Waals surface area contributed by atoms with Gasteiger partial charge in [0.25, 0.3) is 0 Å². The molecule has 4 heteroatoms. The van der Waals surface area contributed by atoms with Crippen molar-refractivity contribution >= 4 is 27.3 Å². The summed E-state index contributed by atoms with van der Waals surface area (Å²) in [5.41, 5.74) is 2.70. The predicted octanol–water partition coefficient (Wildman–Crippen LogP) is 4.85. The van der Waals surface area contributed by atoms with Gasteiger partial charge in [0.15, 0.2) is 0 Å². The summed E-state index contributed by atoms with van der Waals surface area (Å²) in [7, 11) is 1.89. The molecular formula is C17H20BrFN2. The van der Waals surface area contributed by atoms with Crippen molar-refractivity contribution in [1.82, 2.24) is 5.32 Å². The van der Waals surface area contributed by atoms with Crippen molar-refractivity contribution in [3.8, 4) is 0 Å². The summed E-state index contributed by atoms with van der Waals surface area (Å²) < 4.78 is 15.0. The lowest BCUT2D eigenvalue weighted by Gasteiger charge is -2.24. The molecule has 2 aromatic carbocycles. The second kappa shape index (κ2) is 7.05. The molecule has 0 aromatic heterocycles. The van der Waals surface area contributed by atoms with Gasteiger partial charge in [-0.2, -0.15) is 0 Å². The molecule has 0 aliphatic carbocycles. The fourth-order valence-electron chi connectivity index (χ4n) is 2.17. The normalized spacial score (nSPS) is 11.0. The van der Waals surface area contributed by atoms with Gasteiger partial charge < -0.3 is 10.2 Å². The standard InChI is InChI=1S/C17H20BrFN2/c1-12(2)20-11-13-8-9-14(18)10-17(13)21(3)16-7-5-4-6-15(16)19/h4-10,12,20H,11H2,1-3H3. The zero-order valence-electron chi connectivity index (χ0n) is 12.5. The van der Waals surface area contributed by atoms with Gasteiger partial charge >= 0.3 is 0 Å². The molecular weight excluding hydrogens is 331 g/mol. The van der Waals surface area contributed by atoms with Gasteiger partial charge in [0.2, 0.25) is 0 Å². The number of hydrogen-bond acceptors (Lipinski definition) is 2. The van der Waals surface area contributed by atoms with Crippen molar-refractivity contribution in [2.75, 3.05) is 11.9 Å². The van der Waals surface area contributed by atoms with Crippen LogP contribution in [-0.2, 0) is 6.54 Å². The minimum atomic E-state index is -0.220. The first kappa shape index (κ1) is 16.0. The first-order chi connectivity index (χ1) is 9.99. The highest BCUT2D eigenvalue weighted by molar-refractivity contribution is 9.10. The molecule has 2 rings (SSSR count). The summed E-state index contributed by atoms with van der Waals surface area (Å²) in [6.45, 7) is 4.97. The minimum absolute atomic E-state index is 0.220. The van der Waals surface area contributed by atoms with E-state index in [2.05, 4.69) is 41.2 Å². The number of benzene rings is 2. The fraction of sp³-hybridized carbons (Fsp3) is 0.294. The van der Waals surface area contributed by atoms with Crippen molar-refractivity contribution in [3.63, 3.8) is 0 Å². The Morgan fingerprint density at radius 2 is 1.86 bits per heavy atom. The van der Waals surface area contributed by atoms with Crippen LogP contribution in [0.5, 0.6) is 0 Å². The Morgan fingerprint density at radius 3 is 2.52 bits per heavy atom. The number of nitrogens with one attached hydrogen (secondary N) is 1. The molecule has 112 valence electrons. The van der Waals surface area contributed by atoms with Crippen molar-refractivity contribution in [2.24, 2.45) is 0 Å². The lowest BCUT2D eigenvalue weighted by molar-refractivity contribution is 0.588. The van der Waals surface area contributed by atoms with Crippen LogP contribution < -0.4 is 10.2 Å². The molecule has 0 bridgehead atoms. The molecule has 2 nitrogen and oxygen atoms in total. The molecule has 0 aliphatic heterocycles. The van der Waals surface area contributed by atoms with E-state index in [1.807, 2.05) is 30.1 Å². The van der Waals surface area contributed by atoms with Crippen molar-refractivity contribution in [3.05, 3.63) is 58.3 Å². The minimum Gasteiger partial charge on any atom is -0.342 e. The topological polar surface area (TPSA) is 15.3 Å². The SMILES string of the molecule is CC(C)NCc1ccc(Br)cc1N(C)c1ccccc1F. The molecule has 0 radical (unpaired) electrons. The third kappa shape index (κ3) is 4.05. The van der Waals surface area contributed by atoms with Crippen LogP contribution in [0.25, 0.3) is 0 Å². The summed E-state index contributed by atoms with van der Waals surface area (Å²) >= 11 is 3.49. The van der Waals surface area contributed by atoms with E-state index in [9.17, 15) is 4.39 Å². The molecule has 0 spiro atoms. The molecule has 0 unspecified atom stereocenters. The number of hydrogen-bond donors (Lipinski definition) is 1. The summed E-state index contributed by atoms with van der Waals surface area (Å²) in [5.74, 6) is -0.220. The van der Waals surface area contributed by atoms with Crippen molar-refractivity contribution in [2.45, 2.75) is 26.4 Å². The van der Waals surface area contributed by atoms with Crippen molar-refractivity contribution < 1.29 is 4.39 Å². The quantitative estimate of drug-likeness (QED) is 0.828. The van der Waals surface area contributed by atoms with Gasteiger partial charge in [-0.3, -0.25) is 0 Å². The van der Waals surface area contributed by atoms with E-state index in [1.165, 1.54) is 6.07 Å². The number of anilines is 2. The zero-order chi connectivity index (χ0) is 15.4. The van der Waals surface area contributed by atoms with E-state index >= 15 is 0 Å². The molecule has 0 heterocycles. The lowest BCUT2D eigenvalue weighted by Crippen LogP contribution is -2.23. The van der Waals surface area contributed by atoms with Crippen LogP contribution in [0.4, 0.5) is 15.8 Å². The van der Waals surface area contributed by atoms with Gasteiger partial charge in [0, 0.05) is 29.8 Å². The lowest BCUT2D eigenvalue weighted by atomic mass is 10.1. The third-order valence-electron chi connectivity index (χ3n) is 3.32. The Bertz CT molecular complexity index is 613. The van der Waals surface area contributed by atoms with E-state index in [4.69, 9.17) is 0 Å². The maximum absolute atomic E-state index is 14.0. The Hall–Kier alpha value is -1.39. The molecule has 0 aliphatic rings. The van der Waals surface area contributed by atoms with E-state index in [0.717, 1.165) is 22.3 Å². The van der Waals surface area contributed by atoms with Crippen LogP contribution in [0.3, 0.4) is 0 Å². The van der Waals surface area contributed by atoms with Gasteiger partial charge in [-0.15, -0.1) is 0 Å². The van der Waals surface area contributed by atoms with Gasteiger partial charge in [0.05, 0.1) is 5.69 Å². The first-order valence-electron chi connectivity index (χ1n) is 6.99. The molecule has 1 N–H and O–H groups in total.